The summed E-state index contributed by atoms with van der Waals surface area (Å²) in [5.74, 6) is -2.04. The number of carboxylic acid groups (broad SMARTS) is 1. The van der Waals surface area contributed by atoms with Crippen molar-refractivity contribution in [2.24, 2.45) is 0 Å². The third-order valence-electron chi connectivity index (χ3n) is 4.50. The molecule has 0 aromatic heterocycles. The molecule has 0 saturated carbocycles. The van der Waals surface area contributed by atoms with E-state index in [2.05, 4.69) is 13.8 Å². The van der Waals surface area contributed by atoms with Gasteiger partial charge in [-0.2, -0.15) is 0 Å². The predicted molar refractivity (Wildman–Crippen MR) is 99.4 cm³/mol. The van der Waals surface area contributed by atoms with Gasteiger partial charge in [-0.1, -0.05) is 57.0 Å². The Morgan fingerprint density at radius 3 is 1.96 bits per heavy atom. The molecule has 0 heterocycles. The van der Waals surface area contributed by atoms with Crippen LogP contribution in [0.25, 0.3) is 11.1 Å². The van der Waals surface area contributed by atoms with E-state index in [1.165, 1.54) is 0 Å². The molecule has 2 aromatic rings. The molecular weight excluding hydrogens is 316 g/mol. The number of carboxylic acids is 1. The minimum Gasteiger partial charge on any atom is -0.504 e. The molecule has 0 saturated heterocycles. The number of aromatic carboxylic acids is 1. The monoisotopic (exact) mass is 342 g/mol. The second-order valence-electron chi connectivity index (χ2n) is 6.28. The molecule has 0 aliphatic heterocycles. The van der Waals surface area contributed by atoms with Crippen molar-refractivity contribution in [3.8, 4) is 22.6 Å². The molecule has 0 unspecified atom stereocenters. The van der Waals surface area contributed by atoms with Crippen LogP contribution in [-0.4, -0.2) is 21.3 Å². The van der Waals surface area contributed by atoms with Gasteiger partial charge >= 0.3 is 5.97 Å². The molecule has 0 aliphatic carbocycles. The third kappa shape index (κ3) is 3.95. The normalized spacial score (nSPS) is 10.8. The van der Waals surface area contributed by atoms with Crippen molar-refractivity contribution in [2.75, 3.05) is 0 Å². The average Bonchev–Trinajstić information content (AvgIpc) is 2.61. The highest BCUT2D eigenvalue weighted by Crippen LogP contribution is 2.44. The molecule has 4 heteroatoms. The van der Waals surface area contributed by atoms with Crippen LogP contribution in [0.2, 0.25) is 0 Å². The van der Waals surface area contributed by atoms with E-state index in [1.54, 1.807) is 0 Å². The van der Waals surface area contributed by atoms with Gasteiger partial charge in [0.25, 0.3) is 0 Å². The number of rotatable bonds is 8. The lowest BCUT2D eigenvalue weighted by molar-refractivity contribution is 0.0693. The third-order valence-corrected chi connectivity index (χ3v) is 4.50. The molecule has 0 fully saturated rings. The van der Waals surface area contributed by atoms with Crippen molar-refractivity contribution < 1.29 is 20.1 Å². The molecule has 0 atom stereocenters. The van der Waals surface area contributed by atoms with E-state index in [1.807, 2.05) is 30.3 Å². The number of benzene rings is 2. The van der Waals surface area contributed by atoms with Crippen LogP contribution in [-0.2, 0) is 12.8 Å². The summed E-state index contributed by atoms with van der Waals surface area (Å²) in [5, 5.41) is 30.6. The second-order valence-corrected chi connectivity index (χ2v) is 6.28. The molecule has 2 aromatic carbocycles. The van der Waals surface area contributed by atoms with Crippen molar-refractivity contribution >= 4 is 5.97 Å². The number of unbranched alkanes of at least 4 members (excludes halogenated alkanes) is 2. The van der Waals surface area contributed by atoms with Crippen LogP contribution in [0.3, 0.4) is 0 Å². The topological polar surface area (TPSA) is 77.8 Å². The standard InChI is InChI=1S/C21H26O4/c1-3-5-12-15-16(13-6-4-2)19(22)20(23)18(21(24)25)17(15)14-10-8-7-9-11-14/h7-11,22-23H,3-6,12-13H2,1-2H3,(H,24,25). The summed E-state index contributed by atoms with van der Waals surface area (Å²) >= 11 is 0. The zero-order valence-corrected chi connectivity index (χ0v) is 14.9. The summed E-state index contributed by atoms with van der Waals surface area (Å²) in [7, 11) is 0. The fraction of sp³-hybridized carbons (Fsp3) is 0.381. The van der Waals surface area contributed by atoms with Gasteiger partial charge < -0.3 is 15.3 Å². The van der Waals surface area contributed by atoms with Gasteiger partial charge in [-0.15, -0.1) is 0 Å². The largest absolute Gasteiger partial charge is 0.504 e. The smallest absolute Gasteiger partial charge is 0.340 e. The van der Waals surface area contributed by atoms with E-state index >= 15 is 0 Å². The second kappa shape index (κ2) is 8.56. The lowest BCUT2D eigenvalue weighted by atomic mass is 9.85. The summed E-state index contributed by atoms with van der Waals surface area (Å²) in [6, 6.07) is 9.25. The van der Waals surface area contributed by atoms with Crippen LogP contribution < -0.4 is 0 Å². The molecule has 0 bridgehead atoms. The number of carbonyl (C=O) groups is 1. The maximum atomic E-state index is 11.8. The first-order valence-electron chi connectivity index (χ1n) is 8.91. The number of phenolic OH excluding ortho intramolecular Hbond substituents is 1. The molecular formula is C21H26O4. The lowest BCUT2D eigenvalue weighted by Gasteiger charge is -2.21. The van der Waals surface area contributed by atoms with Gasteiger partial charge in [0.15, 0.2) is 11.5 Å². The van der Waals surface area contributed by atoms with Crippen LogP contribution in [0.5, 0.6) is 11.5 Å². The first kappa shape index (κ1) is 18.8. The zero-order valence-electron chi connectivity index (χ0n) is 14.9. The molecule has 0 amide bonds. The van der Waals surface area contributed by atoms with E-state index in [0.717, 1.165) is 36.8 Å². The van der Waals surface area contributed by atoms with E-state index in [0.29, 0.717) is 24.0 Å². The summed E-state index contributed by atoms with van der Waals surface area (Å²) in [4.78, 5) is 11.8. The van der Waals surface area contributed by atoms with E-state index in [9.17, 15) is 20.1 Å². The fourth-order valence-electron chi connectivity index (χ4n) is 3.21. The lowest BCUT2D eigenvalue weighted by Crippen LogP contribution is -2.08. The van der Waals surface area contributed by atoms with Crippen LogP contribution >= 0.6 is 0 Å². The van der Waals surface area contributed by atoms with Crippen molar-refractivity contribution in [2.45, 2.75) is 52.4 Å². The highest BCUT2D eigenvalue weighted by molar-refractivity contribution is 6.01. The van der Waals surface area contributed by atoms with Gasteiger partial charge in [-0.05, 0) is 36.8 Å². The predicted octanol–water partition coefficient (Wildman–Crippen LogP) is 5.15. The SMILES string of the molecule is CCCCc1c(O)c(O)c(C(=O)O)c(-c2ccccc2)c1CCCC. The van der Waals surface area contributed by atoms with Crippen LogP contribution in [0.15, 0.2) is 30.3 Å². The average molecular weight is 342 g/mol. The van der Waals surface area contributed by atoms with Gasteiger partial charge in [-0.25, -0.2) is 4.79 Å². The molecule has 134 valence electrons. The van der Waals surface area contributed by atoms with Crippen LogP contribution in [0.1, 0.15) is 61.0 Å². The van der Waals surface area contributed by atoms with Crippen molar-refractivity contribution in [1.29, 1.82) is 0 Å². The summed E-state index contributed by atoms with van der Waals surface area (Å²) in [6.45, 7) is 4.14. The summed E-state index contributed by atoms with van der Waals surface area (Å²) < 4.78 is 0. The zero-order chi connectivity index (χ0) is 18.4. The Kier molecular flexibility index (Phi) is 6.45. The summed E-state index contributed by atoms with van der Waals surface area (Å²) in [6.07, 6.45) is 4.97. The molecule has 0 spiro atoms. The van der Waals surface area contributed by atoms with Gasteiger partial charge in [-0.3, -0.25) is 0 Å². The minimum absolute atomic E-state index is 0.213. The van der Waals surface area contributed by atoms with Gasteiger partial charge in [0.05, 0.1) is 0 Å². The fourth-order valence-corrected chi connectivity index (χ4v) is 3.21. The van der Waals surface area contributed by atoms with Crippen LogP contribution in [0, 0.1) is 0 Å². The Labute approximate surface area is 148 Å². The van der Waals surface area contributed by atoms with Crippen LogP contribution in [0.4, 0.5) is 0 Å². The number of phenols is 2. The Bertz CT molecular complexity index is 736. The van der Waals surface area contributed by atoms with Gasteiger partial charge in [0, 0.05) is 11.1 Å². The molecule has 4 nitrogen and oxygen atoms in total. The van der Waals surface area contributed by atoms with Gasteiger partial charge in [0.1, 0.15) is 5.56 Å². The maximum absolute atomic E-state index is 11.8. The quantitative estimate of drug-likeness (QED) is 0.580. The number of hydrogen-bond acceptors (Lipinski definition) is 3. The Balaban J connectivity index is 2.82. The van der Waals surface area contributed by atoms with E-state index in [4.69, 9.17) is 0 Å². The first-order chi connectivity index (χ1) is 12.0. The highest BCUT2D eigenvalue weighted by atomic mass is 16.4. The molecule has 0 radical (unpaired) electrons. The van der Waals surface area contributed by atoms with Crippen molar-refractivity contribution in [3.63, 3.8) is 0 Å². The Morgan fingerprint density at radius 1 is 0.880 bits per heavy atom. The van der Waals surface area contributed by atoms with Crippen molar-refractivity contribution in [3.05, 3.63) is 47.0 Å². The molecule has 3 N–H and O–H groups in total. The van der Waals surface area contributed by atoms with E-state index in [-0.39, 0.29) is 11.3 Å². The minimum atomic E-state index is -1.23. The molecule has 25 heavy (non-hydrogen) atoms. The molecule has 2 rings (SSSR count). The number of hydrogen-bond donors (Lipinski definition) is 3. The number of aromatic hydroxyl groups is 2. The summed E-state index contributed by atoms with van der Waals surface area (Å²) in [5.41, 5.74) is 2.59. The Morgan fingerprint density at radius 2 is 1.44 bits per heavy atom. The van der Waals surface area contributed by atoms with Crippen molar-refractivity contribution in [1.82, 2.24) is 0 Å². The maximum Gasteiger partial charge on any atom is 0.340 e. The molecule has 0 aliphatic rings. The highest BCUT2D eigenvalue weighted by Gasteiger charge is 2.27. The first-order valence-corrected chi connectivity index (χ1v) is 8.91. The van der Waals surface area contributed by atoms with E-state index < -0.39 is 11.7 Å². The Hall–Kier alpha value is -2.49. The van der Waals surface area contributed by atoms with Gasteiger partial charge in [0.2, 0.25) is 0 Å².